The first-order valence-corrected chi connectivity index (χ1v) is 7.80. The Kier molecular flexibility index (Phi) is 3.95. The molecular formula is C17H22N2O2. The van der Waals surface area contributed by atoms with Gasteiger partial charge in [-0.05, 0) is 56.1 Å². The molecule has 0 spiro atoms. The summed E-state index contributed by atoms with van der Waals surface area (Å²) in [6, 6.07) is 9.13. The minimum absolute atomic E-state index is 0.0781. The molecule has 2 fully saturated rings. The van der Waals surface area contributed by atoms with Crippen LogP contribution in [-0.2, 0) is 9.59 Å². The normalized spacial score (nSPS) is 28.1. The molecule has 112 valence electrons. The lowest BCUT2D eigenvalue weighted by atomic mass is 9.84. The topological polar surface area (TPSA) is 58.2 Å². The van der Waals surface area contributed by atoms with E-state index in [0.29, 0.717) is 11.6 Å². The fourth-order valence-corrected chi connectivity index (χ4v) is 4.00. The van der Waals surface area contributed by atoms with E-state index in [1.165, 1.54) is 25.7 Å². The van der Waals surface area contributed by atoms with Gasteiger partial charge in [-0.3, -0.25) is 9.59 Å². The number of amides is 2. The van der Waals surface area contributed by atoms with E-state index in [1.807, 2.05) is 25.1 Å². The second-order valence-electron chi connectivity index (χ2n) is 6.42. The van der Waals surface area contributed by atoms with Crippen molar-refractivity contribution in [3.63, 3.8) is 0 Å². The Labute approximate surface area is 125 Å². The van der Waals surface area contributed by atoms with Crippen molar-refractivity contribution in [3.8, 4) is 0 Å². The van der Waals surface area contributed by atoms with E-state index >= 15 is 0 Å². The number of hydrogen-bond donors (Lipinski definition) is 2. The Bertz CT molecular complexity index is 529. The van der Waals surface area contributed by atoms with Crippen LogP contribution in [0.2, 0.25) is 0 Å². The molecule has 2 saturated carbocycles. The number of anilines is 1. The van der Waals surface area contributed by atoms with Crippen LogP contribution in [0, 0.1) is 17.8 Å². The van der Waals surface area contributed by atoms with Crippen molar-refractivity contribution in [2.24, 2.45) is 17.8 Å². The van der Waals surface area contributed by atoms with Crippen LogP contribution in [0.15, 0.2) is 30.3 Å². The zero-order valence-corrected chi connectivity index (χ0v) is 12.3. The Balaban J connectivity index is 1.52. The molecule has 2 bridgehead atoms. The van der Waals surface area contributed by atoms with E-state index in [2.05, 4.69) is 10.6 Å². The second-order valence-corrected chi connectivity index (χ2v) is 6.42. The van der Waals surface area contributed by atoms with E-state index in [9.17, 15) is 9.59 Å². The molecule has 2 amide bonds. The molecular weight excluding hydrogens is 264 g/mol. The quantitative estimate of drug-likeness (QED) is 0.839. The molecule has 0 heterocycles. The van der Waals surface area contributed by atoms with Crippen LogP contribution >= 0.6 is 0 Å². The number of hydrogen-bond acceptors (Lipinski definition) is 2. The zero-order chi connectivity index (χ0) is 14.8. The van der Waals surface area contributed by atoms with Crippen LogP contribution in [0.25, 0.3) is 0 Å². The maximum atomic E-state index is 12.0. The molecule has 2 aliphatic carbocycles. The molecule has 0 aromatic heterocycles. The Morgan fingerprint density at radius 1 is 1.10 bits per heavy atom. The van der Waals surface area contributed by atoms with Gasteiger partial charge in [0.05, 0.1) is 0 Å². The first-order valence-electron chi connectivity index (χ1n) is 7.80. The number of carbonyl (C=O) groups excluding carboxylic acids is 2. The maximum absolute atomic E-state index is 12.0. The SMILES string of the molecule is CC(NC(=O)C(=O)Nc1ccccc1)C1CC2CCC1C2. The summed E-state index contributed by atoms with van der Waals surface area (Å²) in [5.74, 6) is 1.00. The highest BCUT2D eigenvalue weighted by Crippen LogP contribution is 2.49. The molecule has 4 heteroatoms. The number of benzene rings is 1. The largest absolute Gasteiger partial charge is 0.345 e. The standard InChI is InChI=1S/C17H22N2O2/c1-11(15-10-12-7-8-13(15)9-12)18-16(20)17(21)19-14-5-3-2-4-6-14/h2-6,11-13,15H,7-10H2,1H3,(H,18,20)(H,19,21). The summed E-state index contributed by atoms with van der Waals surface area (Å²) >= 11 is 0. The first-order chi connectivity index (χ1) is 10.1. The third kappa shape index (κ3) is 3.09. The first kappa shape index (κ1) is 14.1. The van der Waals surface area contributed by atoms with Gasteiger partial charge in [0.2, 0.25) is 0 Å². The molecule has 3 rings (SSSR count). The van der Waals surface area contributed by atoms with Gasteiger partial charge in [-0.15, -0.1) is 0 Å². The van der Waals surface area contributed by atoms with Crippen molar-refractivity contribution in [2.45, 2.75) is 38.6 Å². The van der Waals surface area contributed by atoms with Gasteiger partial charge in [0.1, 0.15) is 0 Å². The summed E-state index contributed by atoms with van der Waals surface area (Å²) < 4.78 is 0. The van der Waals surface area contributed by atoms with Crippen LogP contribution in [0.1, 0.15) is 32.6 Å². The van der Waals surface area contributed by atoms with Crippen LogP contribution in [0.4, 0.5) is 5.69 Å². The molecule has 4 nitrogen and oxygen atoms in total. The van der Waals surface area contributed by atoms with Crippen LogP contribution in [-0.4, -0.2) is 17.9 Å². The van der Waals surface area contributed by atoms with E-state index < -0.39 is 11.8 Å². The fraction of sp³-hybridized carbons (Fsp3) is 0.529. The average Bonchev–Trinajstić information content (AvgIpc) is 3.11. The Morgan fingerprint density at radius 3 is 2.48 bits per heavy atom. The van der Waals surface area contributed by atoms with Gasteiger partial charge in [-0.25, -0.2) is 0 Å². The van der Waals surface area contributed by atoms with Crippen LogP contribution in [0.3, 0.4) is 0 Å². The summed E-state index contributed by atoms with van der Waals surface area (Å²) in [7, 11) is 0. The molecule has 0 aliphatic heterocycles. The highest BCUT2D eigenvalue weighted by molar-refractivity contribution is 6.39. The Morgan fingerprint density at radius 2 is 1.86 bits per heavy atom. The van der Waals surface area contributed by atoms with E-state index in [0.717, 1.165) is 11.8 Å². The summed E-state index contributed by atoms with van der Waals surface area (Å²) in [4.78, 5) is 23.9. The van der Waals surface area contributed by atoms with Crippen molar-refractivity contribution < 1.29 is 9.59 Å². The lowest BCUT2D eigenvalue weighted by Gasteiger charge is -2.28. The van der Waals surface area contributed by atoms with Gasteiger partial charge in [0, 0.05) is 11.7 Å². The van der Waals surface area contributed by atoms with Gasteiger partial charge >= 0.3 is 11.8 Å². The van der Waals surface area contributed by atoms with Crippen LogP contribution < -0.4 is 10.6 Å². The molecule has 0 radical (unpaired) electrons. The highest BCUT2D eigenvalue weighted by Gasteiger charge is 2.42. The zero-order valence-electron chi connectivity index (χ0n) is 12.3. The molecule has 21 heavy (non-hydrogen) atoms. The second kappa shape index (κ2) is 5.88. The molecule has 2 N–H and O–H groups in total. The van der Waals surface area contributed by atoms with Crippen molar-refractivity contribution in [1.29, 1.82) is 0 Å². The number of fused-ring (bicyclic) bond motifs is 2. The summed E-state index contributed by atoms with van der Waals surface area (Å²) in [5.41, 5.74) is 0.644. The van der Waals surface area contributed by atoms with Gasteiger partial charge in [0.25, 0.3) is 0 Å². The van der Waals surface area contributed by atoms with Crippen molar-refractivity contribution in [2.75, 3.05) is 5.32 Å². The lowest BCUT2D eigenvalue weighted by molar-refractivity contribution is -0.136. The highest BCUT2D eigenvalue weighted by atomic mass is 16.2. The molecule has 4 atom stereocenters. The van der Waals surface area contributed by atoms with E-state index in [4.69, 9.17) is 0 Å². The number of rotatable bonds is 3. The monoisotopic (exact) mass is 286 g/mol. The van der Waals surface area contributed by atoms with Crippen molar-refractivity contribution in [1.82, 2.24) is 5.32 Å². The van der Waals surface area contributed by atoms with Crippen molar-refractivity contribution in [3.05, 3.63) is 30.3 Å². The van der Waals surface area contributed by atoms with Gasteiger partial charge < -0.3 is 10.6 Å². The number of carbonyl (C=O) groups is 2. The molecule has 2 aliphatic rings. The number of para-hydroxylation sites is 1. The van der Waals surface area contributed by atoms with Gasteiger partial charge in [0.15, 0.2) is 0 Å². The maximum Gasteiger partial charge on any atom is 0.313 e. The minimum Gasteiger partial charge on any atom is -0.345 e. The summed E-state index contributed by atoms with van der Waals surface area (Å²) in [6.07, 6.45) is 5.13. The van der Waals surface area contributed by atoms with Gasteiger partial charge in [-0.1, -0.05) is 24.6 Å². The fourth-order valence-electron chi connectivity index (χ4n) is 4.00. The third-order valence-electron chi connectivity index (χ3n) is 5.03. The predicted molar refractivity (Wildman–Crippen MR) is 81.6 cm³/mol. The van der Waals surface area contributed by atoms with Gasteiger partial charge in [-0.2, -0.15) is 0 Å². The number of nitrogens with one attached hydrogen (secondary N) is 2. The lowest BCUT2D eigenvalue weighted by Crippen LogP contribution is -2.45. The van der Waals surface area contributed by atoms with E-state index in [-0.39, 0.29) is 6.04 Å². The van der Waals surface area contributed by atoms with Crippen LogP contribution in [0.5, 0.6) is 0 Å². The summed E-state index contributed by atoms with van der Waals surface area (Å²) in [5, 5.41) is 5.50. The van der Waals surface area contributed by atoms with E-state index in [1.54, 1.807) is 12.1 Å². The predicted octanol–water partition coefficient (Wildman–Crippen LogP) is 2.57. The third-order valence-corrected chi connectivity index (χ3v) is 5.03. The molecule has 1 aromatic rings. The summed E-state index contributed by atoms with van der Waals surface area (Å²) in [6.45, 7) is 2.03. The smallest absolute Gasteiger partial charge is 0.313 e. The Hall–Kier alpha value is -1.84. The molecule has 4 unspecified atom stereocenters. The molecule has 1 aromatic carbocycles. The van der Waals surface area contributed by atoms with Crippen molar-refractivity contribution >= 4 is 17.5 Å². The molecule has 0 saturated heterocycles. The minimum atomic E-state index is -0.587. The average molecular weight is 286 g/mol.